The van der Waals surface area contributed by atoms with Gasteiger partial charge in [-0.05, 0) is 49.9 Å². The predicted molar refractivity (Wildman–Crippen MR) is 125 cm³/mol. The Hall–Kier alpha value is -2.94. The van der Waals surface area contributed by atoms with Gasteiger partial charge in [0.05, 0.1) is 18.3 Å². The molecule has 4 aromatic rings. The summed E-state index contributed by atoms with van der Waals surface area (Å²) in [7, 11) is 2.07. The molecule has 0 bridgehead atoms. The SMILES string of the molecule is [2H]C([2H])([2H])c1ccc(-c2n(-c3c(C(C)C)cccc3C(C)C)c3ccccc3[n+]2C)c(C)n1. The fourth-order valence-corrected chi connectivity index (χ4v) is 4.41. The molecule has 30 heavy (non-hydrogen) atoms. The summed E-state index contributed by atoms with van der Waals surface area (Å²) in [4.78, 5) is 4.49. The second-order valence-corrected chi connectivity index (χ2v) is 8.63. The third-order valence-electron chi connectivity index (χ3n) is 5.91. The zero-order valence-corrected chi connectivity index (χ0v) is 18.7. The van der Waals surface area contributed by atoms with Crippen molar-refractivity contribution in [3.8, 4) is 17.1 Å². The number of aryl methyl sites for hydroxylation is 3. The Labute approximate surface area is 184 Å². The van der Waals surface area contributed by atoms with E-state index in [1.165, 1.54) is 16.8 Å². The lowest BCUT2D eigenvalue weighted by Gasteiger charge is -2.18. The number of fused-ring (bicyclic) bond motifs is 1. The number of benzene rings is 2. The normalized spacial score (nSPS) is 13.7. The number of hydrogen-bond acceptors (Lipinski definition) is 1. The highest BCUT2D eigenvalue weighted by atomic mass is 15.2. The fourth-order valence-electron chi connectivity index (χ4n) is 4.41. The summed E-state index contributed by atoms with van der Waals surface area (Å²) in [5, 5.41) is 0. The van der Waals surface area contributed by atoms with Gasteiger partial charge in [0.15, 0.2) is 11.0 Å². The van der Waals surface area contributed by atoms with Crippen molar-refractivity contribution in [3.05, 3.63) is 77.1 Å². The van der Waals surface area contributed by atoms with Crippen molar-refractivity contribution in [1.82, 2.24) is 9.55 Å². The van der Waals surface area contributed by atoms with Crippen LogP contribution in [0.2, 0.25) is 0 Å². The molecule has 0 spiro atoms. The summed E-state index contributed by atoms with van der Waals surface area (Å²) in [6.07, 6.45) is 0. The Morgan fingerprint density at radius 1 is 0.900 bits per heavy atom. The van der Waals surface area contributed by atoms with Crippen LogP contribution >= 0.6 is 0 Å². The van der Waals surface area contributed by atoms with E-state index in [2.05, 4.69) is 91.3 Å². The highest BCUT2D eigenvalue weighted by Gasteiger charge is 2.31. The molecule has 2 heterocycles. The maximum Gasteiger partial charge on any atom is 0.296 e. The van der Waals surface area contributed by atoms with Gasteiger partial charge in [-0.1, -0.05) is 58.0 Å². The van der Waals surface area contributed by atoms with Crippen LogP contribution in [-0.2, 0) is 7.05 Å². The standard InChI is InChI=1S/C27H32N3/c1-17(2)21-11-10-12-22(18(3)4)26(21)30-25-14-9-8-13-24(25)29(7)27(30)23-16-15-19(5)28-20(23)6/h8-18H,1-7H3/q+1/i5D3. The van der Waals surface area contributed by atoms with Crippen LogP contribution in [0.1, 0.15) is 66.2 Å². The molecule has 0 N–H and O–H groups in total. The molecule has 2 aromatic carbocycles. The highest BCUT2D eigenvalue weighted by molar-refractivity contribution is 5.80. The fraction of sp³-hybridized carbons (Fsp3) is 0.333. The lowest BCUT2D eigenvalue weighted by Crippen LogP contribution is -2.30. The van der Waals surface area contributed by atoms with Crippen molar-refractivity contribution in [1.29, 1.82) is 0 Å². The van der Waals surface area contributed by atoms with E-state index in [0.29, 0.717) is 17.5 Å². The third-order valence-corrected chi connectivity index (χ3v) is 5.91. The molecular formula is C27H32N3+. The molecule has 0 amide bonds. The van der Waals surface area contributed by atoms with E-state index in [4.69, 9.17) is 4.11 Å². The molecule has 3 nitrogen and oxygen atoms in total. The molecule has 0 radical (unpaired) electrons. The summed E-state index contributed by atoms with van der Waals surface area (Å²) < 4.78 is 27.8. The van der Waals surface area contributed by atoms with Crippen molar-refractivity contribution >= 4 is 11.0 Å². The molecule has 0 atom stereocenters. The number of imidazole rings is 1. The Balaban J connectivity index is 2.15. The molecule has 0 aliphatic carbocycles. The van der Waals surface area contributed by atoms with Crippen LogP contribution in [0.4, 0.5) is 0 Å². The number of pyridine rings is 1. The quantitative estimate of drug-likeness (QED) is 0.364. The molecule has 3 heteroatoms. The Morgan fingerprint density at radius 3 is 2.17 bits per heavy atom. The molecule has 0 aliphatic rings. The predicted octanol–water partition coefficient (Wildman–Crippen LogP) is 6.38. The molecule has 0 fully saturated rings. The molecular weight excluding hydrogens is 366 g/mol. The maximum absolute atomic E-state index is 7.76. The average molecular weight is 402 g/mol. The van der Waals surface area contributed by atoms with E-state index in [9.17, 15) is 0 Å². The first kappa shape index (κ1) is 16.8. The van der Waals surface area contributed by atoms with Crippen LogP contribution in [0, 0.1) is 13.8 Å². The van der Waals surface area contributed by atoms with E-state index in [1.807, 2.05) is 13.0 Å². The number of hydrogen-bond donors (Lipinski definition) is 0. The van der Waals surface area contributed by atoms with Gasteiger partial charge in [0.2, 0.25) is 0 Å². The van der Waals surface area contributed by atoms with Crippen molar-refractivity contribution in [2.45, 2.75) is 53.3 Å². The lowest BCUT2D eigenvalue weighted by atomic mass is 9.92. The lowest BCUT2D eigenvalue weighted by molar-refractivity contribution is -0.633. The molecule has 0 aliphatic heterocycles. The first-order valence-electron chi connectivity index (χ1n) is 12.1. The highest BCUT2D eigenvalue weighted by Crippen LogP contribution is 2.36. The van der Waals surface area contributed by atoms with E-state index in [0.717, 1.165) is 22.4 Å². The zero-order valence-electron chi connectivity index (χ0n) is 21.7. The second kappa shape index (κ2) is 7.71. The van der Waals surface area contributed by atoms with E-state index >= 15 is 0 Å². The van der Waals surface area contributed by atoms with E-state index < -0.39 is 6.85 Å². The van der Waals surface area contributed by atoms with Crippen LogP contribution in [0.3, 0.4) is 0 Å². The molecule has 0 unspecified atom stereocenters. The smallest absolute Gasteiger partial charge is 0.258 e. The molecule has 154 valence electrons. The maximum atomic E-state index is 7.76. The minimum absolute atomic E-state index is 0.125. The average Bonchev–Trinajstić information content (AvgIpc) is 3.04. The topological polar surface area (TPSA) is 21.7 Å². The van der Waals surface area contributed by atoms with Gasteiger partial charge in [0.1, 0.15) is 5.69 Å². The van der Waals surface area contributed by atoms with Gasteiger partial charge in [-0.25, -0.2) is 4.57 Å². The van der Waals surface area contributed by atoms with Crippen molar-refractivity contribution < 1.29 is 8.68 Å². The van der Waals surface area contributed by atoms with Gasteiger partial charge in [0, 0.05) is 20.9 Å². The van der Waals surface area contributed by atoms with Gasteiger partial charge in [-0.15, -0.1) is 0 Å². The van der Waals surface area contributed by atoms with Crippen molar-refractivity contribution in [2.24, 2.45) is 7.05 Å². The van der Waals surface area contributed by atoms with E-state index in [-0.39, 0.29) is 5.69 Å². The van der Waals surface area contributed by atoms with Gasteiger partial charge in [-0.2, -0.15) is 4.57 Å². The first-order chi connectivity index (χ1) is 15.5. The molecule has 0 saturated carbocycles. The first-order valence-corrected chi connectivity index (χ1v) is 10.6. The number of para-hydroxylation sites is 3. The second-order valence-electron chi connectivity index (χ2n) is 8.63. The van der Waals surface area contributed by atoms with Crippen molar-refractivity contribution in [2.75, 3.05) is 0 Å². The number of nitrogens with zero attached hydrogens (tertiary/aromatic N) is 3. The van der Waals surface area contributed by atoms with Crippen LogP contribution in [-0.4, -0.2) is 9.55 Å². The zero-order chi connectivity index (χ0) is 24.1. The Bertz CT molecular complexity index is 1300. The third kappa shape index (κ3) is 3.23. The summed E-state index contributed by atoms with van der Waals surface area (Å²) >= 11 is 0. The number of aromatic nitrogens is 3. The number of rotatable bonds is 4. The van der Waals surface area contributed by atoms with Gasteiger partial charge in [-0.3, -0.25) is 4.98 Å². The Kier molecular flexibility index (Phi) is 4.32. The summed E-state index contributed by atoms with van der Waals surface area (Å²) in [5.74, 6) is 1.68. The minimum atomic E-state index is -2.23. The van der Waals surface area contributed by atoms with Crippen LogP contribution in [0.25, 0.3) is 28.1 Å². The van der Waals surface area contributed by atoms with Gasteiger partial charge >= 0.3 is 0 Å². The van der Waals surface area contributed by atoms with Crippen LogP contribution in [0.5, 0.6) is 0 Å². The van der Waals surface area contributed by atoms with E-state index in [1.54, 1.807) is 6.07 Å². The summed E-state index contributed by atoms with van der Waals surface area (Å²) in [5.41, 5.74) is 7.76. The minimum Gasteiger partial charge on any atom is -0.258 e. The molecule has 4 rings (SSSR count). The van der Waals surface area contributed by atoms with Crippen molar-refractivity contribution in [3.63, 3.8) is 0 Å². The van der Waals surface area contributed by atoms with Crippen LogP contribution < -0.4 is 4.57 Å². The van der Waals surface area contributed by atoms with Gasteiger partial charge in [0.25, 0.3) is 5.82 Å². The summed E-state index contributed by atoms with van der Waals surface area (Å²) in [6.45, 7) is 8.58. The largest absolute Gasteiger partial charge is 0.296 e. The monoisotopic (exact) mass is 401 g/mol. The van der Waals surface area contributed by atoms with Crippen LogP contribution in [0.15, 0.2) is 54.6 Å². The van der Waals surface area contributed by atoms with Gasteiger partial charge < -0.3 is 0 Å². The molecule has 2 aromatic heterocycles. The Morgan fingerprint density at radius 2 is 1.57 bits per heavy atom. The molecule has 0 saturated heterocycles. The summed E-state index contributed by atoms with van der Waals surface area (Å²) in [6, 6.07) is 18.5.